The molecule has 4 rings (SSSR count). The molecule has 7 nitrogen and oxygen atoms in total. The van der Waals surface area contributed by atoms with E-state index in [9.17, 15) is 9.59 Å². The topological polar surface area (TPSA) is 86.1 Å². The molecule has 2 heterocycles. The fourth-order valence-electron chi connectivity index (χ4n) is 3.62. The monoisotopic (exact) mass is 456 g/mol. The predicted octanol–water partition coefficient (Wildman–Crippen LogP) is 3.57. The average molecular weight is 457 g/mol. The summed E-state index contributed by atoms with van der Waals surface area (Å²) >= 11 is 7.29. The Hall–Kier alpha value is -2.84. The number of rotatable bonds is 7. The lowest BCUT2D eigenvalue weighted by Gasteiger charge is -2.14. The minimum atomic E-state index is -0.314. The SMILES string of the molecule is COc1ccc(Cl)cc1NC(=O)CSc1nc(=O)n(Cc2ccccn2)c2c1CCC2. The van der Waals surface area contributed by atoms with E-state index in [-0.39, 0.29) is 17.3 Å². The first-order valence-electron chi connectivity index (χ1n) is 9.84. The smallest absolute Gasteiger partial charge is 0.349 e. The lowest BCUT2D eigenvalue weighted by atomic mass is 10.2. The number of fused-ring (bicyclic) bond motifs is 1. The highest BCUT2D eigenvalue weighted by atomic mass is 35.5. The van der Waals surface area contributed by atoms with Gasteiger partial charge in [0.2, 0.25) is 5.91 Å². The summed E-state index contributed by atoms with van der Waals surface area (Å²) in [6, 6.07) is 10.7. The van der Waals surface area contributed by atoms with Crippen molar-refractivity contribution in [1.29, 1.82) is 0 Å². The van der Waals surface area contributed by atoms with Gasteiger partial charge in [-0.15, -0.1) is 0 Å². The van der Waals surface area contributed by atoms with Gasteiger partial charge in [-0.3, -0.25) is 14.3 Å². The Labute approximate surface area is 188 Å². The van der Waals surface area contributed by atoms with Gasteiger partial charge < -0.3 is 10.1 Å². The van der Waals surface area contributed by atoms with Crippen molar-refractivity contribution in [3.63, 3.8) is 0 Å². The van der Waals surface area contributed by atoms with E-state index in [0.29, 0.717) is 28.0 Å². The zero-order chi connectivity index (χ0) is 21.8. The predicted molar refractivity (Wildman–Crippen MR) is 121 cm³/mol. The maximum Gasteiger partial charge on any atom is 0.349 e. The Morgan fingerprint density at radius 2 is 2.16 bits per heavy atom. The van der Waals surface area contributed by atoms with Gasteiger partial charge in [-0.1, -0.05) is 29.4 Å². The molecule has 9 heteroatoms. The maximum atomic E-state index is 12.7. The van der Waals surface area contributed by atoms with E-state index in [4.69, 9.17) is 16.3 Å². The summed E-state index contributed by atoms with van der Waals surface area (Å²) in [4.78, 5) is 33.9. The van der Waals surface area contributed by atoms with E-state index in [2.05, 4.69) is 15.3 Å². The molecule has 1 amide bonds. The van der Waals surface area contributed by atoms with E-state index in [1.165, 1.54) is 18.9 Å². The fourth-order valence-corrected chi connectivity index (χ4v) is 4.67. The third-order valence-electron chi connectivity index (χ3n) is 5.02. The Bertz CT molecular complexity index is 1170. The Morgan fingerprint density at radius 3 is 2.94 bits per heavy atom. The molecule has 0 spiro atoms. The van der Waals surface area contributed by atoms with E-state index >= 15 is 0 Å². The van der Waals surface area contributed by atoms with Crippen LogP contribution in [-0.2, 0) is 24.2 Å². The number of pyridine rings is 1. The molecule has 1 aliphatic rings. The van der Waals surface area contributed by atoms with Gasteiger partial charge in [0.1, 0.15) is 10.8 Å². The first-order chi connectivity index (χ1) is 15.0. The van der Waals surface area contributed by atoms with Crippen LogP contribution in [0.25, 0.3) is 0 Å². The molecule has 0 bridgehead atoms. The standard InChI is InChI=1S/C22H21ClN4O3S/c1-30-19-9-8-14(23)11-17(19)25-20(28)13-31-21-16-6-4-7-18(16)27(22(29)26-21)12-15-5-2-3-10-24-15/h2-3,5,8-11H,4,6-7,12-13H2,1H3,(H,25,28). The number of halogens is 1. The van der Waals surface area contributed by atoms with Crippen LogP contribution >= 0.6 is 23.4 Å². The summed E-state index contributed by atoms with van der Waals surface area (Å²) in [6.45, 7) is 0.398. The number of ether oxygens (including phenoxy) is 1. The van der Waals surface area contributed by atoms with Crippen LogP contribution in [0.15, 0.2) is 52.4 Å². The lowest BCUT2D eigenvalue weighted by Crippen LogP contribution is -2.28. The Kier molecular flexibility index (Phi) is 6.58. The number of aromatic nitrogens is 3. The van der Waals surface area contributed by atoms with Crippen LogP contribution in [0, 0.1) is 0 Å². The number of amides is 1. The molecule has 3 aromatic rings. The normalized spacial score (nSPS) is 12.5. The van der Waals surface area contributed by atoms with Crippen molar-refractivity contribution >= 4 is 35.0 Å². The first-order valence-corrected chi connectivity index (χ1v) is 11.2. The van der Waals surface area contributed by atoms with Crippen molar-refractivity contribution in [2.75, 3.05) is 18.2 Å². The van der Waals surface area contributed by atoms with Crippen molar-refractivity contribution in [3.8, 4) is 5.75 Å². The molecule has 1 N–H and O–H groups in total. The number of hydrogen-bond donors (Lipinski definition) is 1. The van der Waals surface area contributed by atoms with Crippen molar-refractivity contribution in [1.82, 2.24) is 14.5 Å². The summed E-state index contributed by atoms with van der Waals surface area (Å²) in [7, 11) is 1.53. The minimum absolute atomic E-state index is 0.124. The molecule has 0 atom stereocenters. The molecular formula is C22H21ClN4O3S. The molecule has 0 unspecified atom stereocenters. The number of anilines is 1. The zero-order valence-electron chi connectivity index (χ0n) is 16.9. The highest BCUT2D eigenvalue weighted by Crippen LogP contribution is 2.31. The molecule has 160 valence electrons. The number of carbonyl (C=O) groups is 1. The second-order valence-corrected chi connectivity index (χ2v) is 8.47. The highest BCUT2D eigenvalue weighted by Gasteiger charge is 2.23. The van der Waals surface area contributed by atoms with E-state index < -0.39 is 0 Å². The van der Waals surface area contributed by atoms with Gasteiger partial charge in [0.15, 0.2) is 0 Å². The summed E-state index contributed by atoms with van der Waals surface area (Å²) in [5, 5.41) is 3.94. The highest BCUT2D eigenvalue weighted by molar-refractivity contribution is 8.00. The molecule has 0 saturated heterocycles. The van der Waals surface area contributed by atoms with Gasteiger partial charge in [-0.25, -0.2) is 4.79 Å². The Morgan fingerprint density at radius 1 is 1.29 bits per heavy atom. The maximum absolute atomic E-state index is 12.7. The number of carbonyl (C=O) groups excluding carboxylic acids is 1. The van der Waals surface area contributed by atoms with Gasteiger partial charge in [0, 0.05) is 22.5 Å². The lowest BCUT2D eigenvalue weighted by molar-refractivity contribution is -0.113. The van der Waals surface area contributed by atoms with E-state index in [1.54, 1.807) is 29.0 Å². The summed E-state index contributed by atoms with van der Waals surface area (Å²) in [6.07, 6.45) is 4.34. The molecular weight excluding hydrogens is 436 g/mol. The molecule has 1 aliphatic carbocycles. The quantitative estimate of drug-likeness (QED) is 0.432. The van der Waals surface area contributed by atoms with Gasteiger partial charge in [-0.05, 0) is 49.6 Å². The fraction of sp³-hybridized carbons (Fsp3) is 0.273. The number of thioether (sulfide) groups is 1. The van der Waals surface area contributed by atoms with Crippen molar-refractivity contribution in [2.24, 2.45) is 0 Å². The number of methoxy groups -OCH3 is 1. The Balaban J connectivity index is 1.50. The van der Waals surface area contributed by atoms with Gasteiger partial charge in [-0.2, -0.15) is 4.98 Å². The van der Waals surface area contributed by atoms with Crippen LogP contribution in [0.1, 0.15) is 23.4 Å². The molecule has 1 aromatic carbocycles. The second-order valence-electron chi connectivity index (χ2n) is 7.07. The summed E-state index contributed by atoms with van der Waals surface area (Å²) < 4.78 is 6.96. The molecule has 0 saturated carbocycles. The number of hydrogen-bond acceptors (Lipinski definition) is 6. The zero-order valence-corrected chi connectivity index (χ0v) is 18.5. The second kappa shape index (κ2) is 9.53. The van der Waals surface area contributed by atoms with Crippen LogP contribution in [-0.4, -0.2) is 33.3 Å². The average Bonchev–Trinajstić information content (AvgIpc) is 3.25. The third-order valence-corrected chi connectivity index (χ3v) is 6.28. The van der Waals surface area contributed by atoms with Gasteiger partial charge >= 0.3 is 5.69 Å². The van der Waals surface area contributed by atoms with E-state index in [0.717, 1.165) is 36.2 Å². The van der Waals surface area contributed by atoms with Crippen LogP contribution < -0.4 is 15.7 Å². The summed E-state index contributed by atoms with van der Waals surface area (Å²) in [5.41, 5.74) is 3.05. The first kappa shape index (κ1) is 21.4. The van der Waals surface area contributed by atoms with Crippen LogP contribution in [0.5, 0.6) is 5.75 Å². The van der Waals surface area contributed by atoms with Crippen molar-refractivity contribution < 1.29 is 9.53 Å². The number of nitrogens with zero attached hydrogens (tertiary/aromatic N) is 3. The van der Waals surface area contributed by atoms with Crippen molar-refractivity contribution in [3.05, 3.63) is 75.1 Å². The van der Waals surface area contributed by atoms with Crippen LogP contribution in [0.2, 0.25) is 5.02 Å². The largest absolute Gasteiger partial charge is 0.495 e. The van der Waals surface area contributed by atoms with Gasteiger partial charge in [0.25, 0.3) is 0 Å². The van der Waals surface area contributed by atoms with E-state index in [1.807, 2.05) is 18.2 Å². The summed E-state index contributed by atoms with van der Waals surface area (Å²) in [5.74, 6) is 0.425. The third kappa shape index (κ3) is 4.91. The molecule has 2 aromatic heterocycles. The minimum Gasteiger partial charge on any atom is -0.495 e. The van der Waals surface area contributed by atoms with Crippen LogP contribution in [0.3, 0.4) is 0 Å². The molecule has 31 heavy (non-hydrogen) atoms. The van der Waals surface area contributed by atoms with Crippen molar-refractivity contribution in [2.45, 2.75) is 30.8 Å². The van der Waals surface area contributed by atoms with Crippen LogP contribution in [0.4, 0.5) is 5.69 Å². The number of benzene rings is 1. The molecule has 0 fully saturated rings. The molecule has 0 radical (unpaired) electrons. The molecule has 0 aliphatic heterocycles. The number of nitrogens with one attached hydrogen (secondary N) is 1. The van der Waals surface area contributed by atoms with Gasteiger partial charge in [0.05, 0.1) is 30.8 Å².